The maximum Gasteiger partial charge on any atom is 0.267 e. The number of nitrogens with zero attached hydrogens (tertiary/aromatic N) is 4. The third-order valence-electron chi connectivity index (χ3n) is 7.59. The molecule has 2 saturated heterocycles. The quantitative estimate of drug-likeness (QED) is 0.147. The second-order valence-corrected chi connectivity index (χ2v) is 12.9. The Bertz CT molecular complexity index is 1280. The average Bonchev–Trinajstić information content (AvgIpc) is 3.18. The first-order valence-corrected chi connectivity index (χ1v) is 16.2. The molecule has 7 nitrogen and oxygen atoms in total. The number of carbonyl (C=O) groups excluding carboxylic acids is 1. The van der Waals surface area contributed by atoms with Crippen LogP contribution in [0, 0.1) is 6.92 Å². The summed E-state index contributed by atoms with van der Waals surface area (Å²) in [4.78, 5) is 36.4. The van der Waals surface area contributed by atoms with Crippen molar-refractivity contribution in [3.63, 3.8) is 0 Å². The van der Waals surface area contributed by atoms with Crippen molar-refractivity contribution in [3.8, 4) is 0 Å². The lowest BCUT2D eigenvalue weighted by molar-refractivity contribution is -0.122. The third kappa shape index (κ3) is 7.74. The van der Waals surface area contributed by atoms with E-state index in [0.717, 1.165) is 18.4 Å². The van der Waals surface area contributed by atoms with E-state index < -0.39 is 0 Å². The first-order valence-electron chi connectivity index (χ1n) is 15.0. The third-order valence-corrected chi connectivity index (χ3v) is 8.97. The molecule has 2 aromatic rings. The number of pyridine rings is 1. The van der Waals surface area contributed by atoms with Gasteiger partial charge in [0.25, 0.3) is 11.5 Å². The molecule has 2 aliphatic heterocycles. The second-order valence-electron chi connectivity index (χ2n) is 11.3. The Hall–Kier alpha value is -2.23. The van der Waals surface area contributed by atoms with Crippen LogP contribution in [-0.2, 0) is 9.53 Å². The Labute approximate surface area is 248 Å². The molecule has 4 heterocycles. The summed E-state index contributed by atoms with van der Waals surface area (Å²) in [5.74, 6) is 0.477. The van der Waals surface area contributed by atoms with Crippen molar-refractivity contribution in [2.24, 2.45) is 0 Å². The van der Waals surface area contributed by atoms with E-state index >= 15 is 0 Å². The zero-order valence-electron chi connectivity index (χ0n) is 24.5. The lowest BCUT2D eigenvalue weighted by Crippen LogP contribution is -2.46. The number of thioether (sulfide) groups is 1. The van der Waals surface area contributed by atoms with Crippen molar-refractivity contribution in [2.75, 3.05) is 24.5 Å². The van der Waals surface area contributed by atoms with Gasteiger partial charge in [-0.05, 0) is 44.9 Å². The molecule has 0 N–H and O–H groups in total. The summed E-state index contributed by atoms with van der Waals surface area (Å²) in [5, 5.41) is 0. The summed E-state index contributed by atoms with van der Waals surface area (Å²) >= 11 is 6.88. The number of rotatable bonds is 13. The minimum atomic E-state index is -0.185. The first-order chi connectivity index (χ1) is 19.3. The predicted octanol–water partition coefficient (Wildman–Crippen LogP) is 6.74. The maximum atomic E-state index is 13.8. The number of morpholine rings is 1. The summed E-state index contributed by atoms with van der Waals surface area (Å²) < 4.78 is 8.06. The molecule has 0 aromatic carbocycles. The summed E-state index contributed by atoms with van der Waals surface area (Å²) in [7, 11) is 0. The van der Waals surface area contributed by atoms with Gasteiger partial charge in [-0.3, -0.25) is 18.9 Å². The van der Waals surface area contributed by atoms with Crippen molar-refractivity contribution in [1.82, 2.24) is 14.3 Å². The highest BCUT2D eigenvalue weighted by Gasteiger charge is 2.33. The molecule has 2 fully saturated rings. The van der Waals surface area contributed by atoms with Gasteiger partial charge >= 0.3 is 0 Å². The van der Waals surface area contributed by atoms with Gasteiger partial charge in [-0.1, -0.05) is 94.8 Å². The van der Waals surface area contributed by atoms with Crippen LogP contribution in [0.1, 0.15) is 96.1 Å². The monoisotopic (exact) mass is 584 g/mol. The fourth-order valence-corrected chi connectivity index (χ4v) is 6.84. The number of aromatic nitrogens is 2. The fraction of sp³-hybridized carbons (Fsp3) is 0.613. The smallest absolute Gasteiger partial charge is 0.267 e. The molecule has 9 heteroatoms. The molecular weight excluding hydrogens is 541 g/mol. The molecule has 2 unspecified atom stereocenters. The lowest BCUT2D eigenvalue weighted by atomic mass is 10.1. The average molecular weight is 585 g/mol. The van der Waals surface area contributed by atoms with Gasteiger partial charge in [0, 0.05) is 25.8 Å². The molecule has 0 spiro atoms. The lowest BCUT2D eigenvalue weighted by Gasteiger charge is -2.36. The molecule has 40 heavy (non-hydrogen) atoms. The second kappa shape index (κ2) is 14.6. The minimum absolute atomic E-state index is 0.00846. The van der Waals surface area contributed by atoms with Crippen molar-refractivity contribution >= 4 is 51.7 Å². The molecule has 2 atom stereocenters. The van der Waals surface area contributed by atoms with E-state index in [1.54, 1.807) is 21.6 Å². The maximum absolute atomic E-state index is 13.8. The van der Waals surface area contributed by atoms with E-state index in [1.165, 1.54) is 63.1 Å². The van der Waals surface area contributed by atoms with E-state index in [9.17, 15) is 9.59 Å². The topological polar surface area (TPSA) is 67.2 Å². The van der Waals surface area contributed by atoms with Crippen LogP contribution in [0.2, 0.25) is 0 Å². The molecule has 2 aromatic heterocycles. The Morgan fingerprint density at radius 3 is 2.27 bits per heavy atom. The molecule has 0 bridgehead atoms. The van der Waals surface area contributed by atoms with Crippen LogP contribution in [-0.4, -0.2) is 56.4 Å². The molecular formula is C31H44N4O3S2. The number of amides is 1. The molecule has 2 aliphatic rings. The highest BCUT2D eigenvalue weighted by molar-refractivity contribution is 8.26. The summed E-state index contributed by atoms with van der Waals surface area (Å²) in [6, 6.07) is 3.82. The van der Waals surface area contributed by atoms with Crippen molar-refractivity contribution < 1.29 is 9.53 Å². The largest absolute Gasteiger partial charge is 0.372 e. The van der Waals surface area contributed by atoms with Gasteiger partial charge in [-0.15, -0.1) is 0 Å². The van der Waals surface area contributed by atoms with E-state index in [0.29, 0.717) is 45.9 Å². The van der Waals surface area contributed by atoms with Gasteiger partial charge in [0.15, 0.2) is 0 Å². The van der Waals surface area contributed by atoms with Gasteiger partial charge in [-0.2, -0.15) is 0 Å². The van der Waals surface area contributed by atoms with Crippen LogP contribution >= 0.6 is 24.0 Å². The molecule has 218 valence electrons. The van der Waals surface area contributed by atoms with Crippen LogP contribution < -0.4 is 10.5 Å². The van der Waals surface area contributed by atoms with Gasteiger partial charge in [0.1, 0.15) is 15.8 Å². The van der Waals surface area contributed by atoms with Crippen LogP contribution in [0.15, 0.2) is 28.0 Å². The van der Waals surface area contributed by atoms with Crippen LogP contribution in [0.4, 0.5) is 5.82 Å². The van der Waals surface area contributed by atoms with Crippen LogP contribution in [0.5, 0.6) is 0 Å². The van der Waals surface area contributed by atoms with Crippen molar-refractivity contribution in [1.29, 1.82) is 0 Å². The summed E-state index contributed by atoms with van der Waals surface area (Å²) in [6.07, 6.45) is 16.0. The Balaban J connectivity index is 1.47. The van der Waals surface area contributed by atoms with E-state index in [4.69, 9.17) is 21.9 Å². The number of hydrogen-bond acceptors (Lipinski definition) is 7. The minimum Gasteiger partial charge on any atom is -0.372 e. The number of anilines is 1. The predicted molar refractivity (Wildman–Crippen MR) is 170 cm³/mol. The van der Waals surface area contributed by atoms with Crippen LogP contribution in [0.3, 0.4) is 0 Å². The zero-order chi connectivity index (χ0) is 28.6. The van der Waals surface area contributed by atoms with Gasteiger partial charge in [0.2, 0.25) is 0 Å². The molecule has 0 radical (unpaired) electrons. The summed E-state index contributed by atoms with van der Waals surface area (Å²) in [5.41, 5.74) is 1.79. The number of carbonyl (C=O) groups is 1. The SMILES string of the molecule is CCCCCCCCCCCCN1C(=O)C(=Cc2c(N3CC(C)OC(C)C3)nc3ccc(C)cn3c2=O)SC1=S. The molecule has 4 rings (SSSR count). The van der Waals surface area contributed by atoms with Gasteiger partial charge in [0.05, 0.1) is 22.7 Å². The Morgan fingerprint density at radius 1 is 1.00 bits per heavy atom. The number of ether oxygens (including phenoxy) is 1. The number of aryl methyl sites for hydroxylation is 1. The number of fused-ring (bicyclic) bond motifs is 1. The molecule has 1 amide bonds. The number of unbranched alkanes of at least 4 members (excludes halogenated alkanes) is 9. The molecule has 0 aliphatic carbocycles. The van der Waals surface area contributed by atoms with Crippen molar-refractivity contribution in [2.45, 2.75) is 104 Å². The van der Waals surface area contributed by atoms with Crippen LogP contribution in [0.25, 0.3) is 11.7 Å². The first kappa shape index (κ1) is 30.7. The van der Waals surface area contributed by atoms with Gasteiger partial charge < -0.3 is 9.64 Å². The van der Waals surface area contributed by atoms with E-state index in [-0.39, 0.29) is 23.7 Å². The normalized spacial score (nSPS) is 20.9. The highest BCUT2D eigenvalue weighted by Crippen LogP contribution is 2.34. The van der Waals surface area contributed by atoms with E-state index in [1.807, 2.05) is 32.9 Å². The Morgan fingerprint density at radius 2 is 1.62 bits per heavy atom. The van der Waals surface area contributed by atoms with Crippen molar-refractivity contribution in [3.05, 3.63) is 44.7 Å². The highest BCUT2D eigenvalue weighted by atomic mass is 32.2. The number of thiocarbonyl (C=S) groups is 1. The summed E-state index contributed by atoms with van der Waals surface area (Å²) in [6.45, 7) is 10.1. The van der Waals surface area contributed by atoms with E-state index in [2.05, 4.69) is 11.8 Å². The fourth-order valence-electron chi connectivity index (χ4n) is 5.55. The van der Waals surface area contributed by atoms with Gasteiger partial charge in [-0.25, -0.2) is 4.98 Å². The molecule has 0 saturated carbocycles. The standard InChI is InChI=1S/C31H44N4O3S2/c1-5-6-7-8-9-10-11-12-13-14-17-34-30(37)26(40-31(34)39)18-25-28(33-20-23(3)38-24(4)21-33)32-27-16-15-22(2)19-35(27)29(25)36/h15-16,18-19,23-24H,5-14,17,20-21H2,1-4H3. The Kier molecular flexibility index (Phi) is 11.2. The zero-order valence-corrected chi connectivity index (χ0v) is 26.1. The number of hydrogen-bond donors (Lipinski definition) is 0.